The van der Waals surface area contributed by atoms with E-state index in [1.54, 1.807) is 24.9 Å². The third kappa shape index (κ3) is 3.90. The van der Waals surface area contributed by atoms with Crippen LogP contribution in [0.3, 0.4) is 0 Å². The summed E-state index contributed by atoms with van der Waals surface area (Å²) in [6, 6.07) is 1.69. The number of aliphatic carboxylic acids is 1. The number of carboxylic acid groups (broad SMARTS) is 1. The second-order valence-corrected chi connectivity index (χ2v) is 3.77. The summed E-state index contributed by atoms with van der Waals surface area (Å²) in [7, 11) is 1.79. The molecule has 6 heteroatoms. The molecule has 1 aromatic heterocycles. The van der Waals surface area contributed by atoms with Crippen molar-refractivity contribution in [1.82, 2.24) is 9.97 Å². The molecule has 0 aliphatic carbocycles. The first-order valence-corrected chi connectivity index (χ1v) is 5.43. The van der Waals surface area contributed by atoms with E-state index in [4.69, 9.17) is 9.84 Å². The summed E-state index contributed by atoms with van der Waals surface area (Å²) < 4.78 is 5.26. The highest BCUT2D eigenvalue weighted by Gasteiger charge is 2.15. The number of ether oxygens (including phenoxy) is 1. The van der Waals surface area contributed by atoms with Crippen LogP contribution in [0.25, 0.3) is 0 Å². The average Bonchev–Trinajstić information content (AvgIpc) is 2.29. The number of carbonyl (C=O) groups is 1. The Hall–Kier alpha value is -1.85. The lowest BCUT2D eigenvalue weighted by atomic mass is 10.2. The Kier molecular flexibility index (Phi) is 4.68. The summed E-state index contributed by atoms with van der Waals surface area (Å²) in [5, 5.41) is 8.83. The Labute approximate surface area is 100 Å². The van der Waals surface area contributed by atoms with Gasteiger partial charge >= 0.3 is 5.97 Å². The molecule has 1 heterocycles. The highest BCUT2D eigenvalue weighted by atomic mass is 16.5. The number of rotatable bonds is 6. The lowest BCUT2D eigenvalue weighted by Gasteiger charge is -2.20. The zero-order valence-corrected chi connectivity index (χ0v) is 10.3. The molecule has 0 spiro atoms. The minimum Gasteiger partial charge on any atom is -0.481 e. The Morgan fingerprint density at radius 3 is 2.88 bits per heavy atom. The summed E-state index contributed by atoms with van der Waals surface area (Å²) >= 11 is 0. The SMILES string of the molecule is CCOc1cc(N(C)CC(C)C(=O)O)ncn1. The Balaban J connectivity index is 2.71. The Bertz CT molecular complexity index is 384. The average molecular weight is 239 g/mol. The molecule has 1 N–H and O–H groups in total. The van der Waals surface area contributed by atoms with Gasteiger partial charge in [0.1, 0.15) is 12.1 Å². The fraction of sp³-hybridized carbons (Fsp3) is 0.545. The van der Waals surface area contributed by atoms with Crippen molar-refractivity contribution in [2.45, 2.75) is 13.8 Å². The lowest BCUT2D eigenvalue weighted by Crippen LogP contribution is -2.29. The minimum atomic E-state index is -0.823. The molecule has 0 aliphatic rings. The quantitative estimate of drug-likeness (QED) is 0.799. The molecule has 0 saturated carbocycles. The molecule has 0 amide bonds. The summed E-state index contributed by atoms with van der Waals surface area (Å²) in [4.78, 5) is 20.5. The fourth-order valence-corrected chi connectivity index (χ4v) is 1.35. The van der Waals surface area contributed by atoms with E-state index < -0.39 is 11.9 Å². The number of nitrogens with zero attached hydrogens (tertiary/aromatic N) is 3. The number of carboxylic acids is 1. The molecule has 0 bridgehead atoms. The van der Waals surface area contributed by atoms with Crippen LogP contribution >= 0.6 is 0 Å². The van der Waals surface area contributed by atoms with Crippen LogP contribution in [0, 0.1) is 5.92 Å². The molecular weight excluding hydrogens is 222 g/mol. The predicted molar refractivity (Wildman–Crippen MR) is 63.3 cm³/mol. The maximum Gasteiger partial charge on any atom is 0.308 e. The van der Waals surface area contributed by atoms with Gasteiger partial charge in [0.15, 0.2) is 0 Å². The Morgan fingerprint density at radius 2 is 2.29 bits per heavy atom. The van der Waals surface area contributed by atoms with Gasteiger partial charge in [0.2, 0.25) is 5.88 Å². The molecule has 1 unspecified atom stereocenters. The molecule has 0 aromatic carbocycles. The van der Waals surface area contributed by atoms with Crippen molar-refractivity contribution in [3.63, 3.8) is 0 Å². The molecular formula is C11H17N3O3. The second kappa shape index (κ2) is 6.03. The first-order valence-electron chi connectivity index (χ1n) is 5.43. The fourth-order valence-electron chi connectivity index (χ4n) is 1.35. The molecule has 0 radical (unpaired) electrons. The van der Waals surface area contributed by atoms with Crippen LogP contribution in [0.4, 0.5) is 5.82 Å². The van der Waals surface area contributed by atoms with Crippen molar-refractivity contribution in [1.29, 1.82) is 0 Å². The summed E-state index contributed by atoms with van der Waals surface area (Å²) in [5.41, 5.74) is 0. The van der Waals surface area contributed by atoms with Crippen molar-refractivity contribution in [3.8, 4) is 5.88 Å². The number of anilines is 1. The highest BCUT2D eigenvalue weighted by molar-refractivity contribution is 5.70. The summed E-state index contributed by atoms with van der Waals surface area (Å²) in [5.74, 6) is -0.134. The van der Waals surface area contributed by atoms with E-state index in [9.17, 15) is 4.79 Å². The first kappa shape index (κ1) is 13.2. The van der Waals surface area contributed by atoms with Crippen LogP contribution < -0.4 is 9.64 Å². The smallest absolute Gasteiger partial charge is 0.308 e. The van der Waals surface area contributed by atoms with Crippen LogP contribution in [-0.4, -0.2) is 41.2 Å². The molecule has 1 rings (SSSR count). The van der Waals surface area contributed by atoms with Gasteiger partial charge in [0, 0.05) is 19.7 Å². The summed E-state index contributed by atoms with van der Waals surface area (Å²) in [6.45, 7) is 4.45. The van der Waals surface area contributed by atoms with Gasteiger partial charge in [0.05, 0.1) is 12.5 Å². The van der Waals surface area contributed by atoms with Gasteiger partial charge in [-0.25, -0.2) is 9.97 Å². The molecule has 0 saturated heterocycles. The van der Waals surface area contributed by atoms with Crippen LogP contribution in [0.2, 0.25) is 0 Å². The van der Waals surface area contributed by atoms with Gasteiger partial charge in [-0.2, -0.15) is 0 Å². The molecule has 0 fully saturated rings. The standard InChI is InChI=1S/C11H17N3O3/c1-4-17-10-5-9(12-7-13-10)14(3)6-8(2)11(15)16/h5,7-8H,4,6H2,1-3H3,(H,15,16). The van der Waals surface area contributed by atoms with Gasteiger partial charge in [0.25, 0.3) is 0 Å². The number of hydrogen-bond acceptors (Lipinski definition) is 5. The minimum absolute atomic E-state index is 0.387. The first-order chi connectivity index (χ1) is 8.04. The van der Waals surface area contributed by atoms with Gasteiger partial charge in [-0.15, -0.1) is 0 Å². The van der Waals surface area contributed by atoms with E-state index in [2.05, 4.69) is 9.97 Å². The predicted octanol–water partition coefficient (Wildman–Crippen LogP) is 1.03. The van der Waals surface area contributed by atoms with Gasteiger partial charge in [-0.05, 0) is 6.92 Å². The zero-order chi connectivity index (χ0) is 12.8. The second-order valence-electron chi connectivity index (χ2n) is 3.77. The van der Waals surface area contributed by atoms with Crippen LogP contribution in [-0.2, 0) is 4.79 Å². The van der Waals surface area contributed by atoms with Gasteiger partial charge in [-0.3, -0.25) is 4.79 Å². The molecule has 6 nitrogen and oxygen atoms in total. The summed E-state index contributed by atoms with van der Waals surface area (Å²) in [6.07, 6.45) is 1.41. The van der Waals surface area contributed by atoms with E-state index in [1.807, 2.05) is 6.92 Å². The third-order valence-electron chi connectivity index (χ3n) is 2.28. The van der Waals surface area contributed by atoms with E-state index in [0.717, 1.165) is 0 Å². The highest BCUT2D eigenvalue weighted by Crippen LogP contribution is 2.15. The zero-order valence-electron chi connectivity index (χ0n) is 10.3. The number of aromatic nitrogens is 2. The van der Waals surface area contributed by atoms with Crippen molar-refractivity contribution >= 4 is 11.8 Å². The molecule has 0 aliphatic heterocycles. The molecule has 1 aromatic rings. The third-order valence-corrected chi connectivity index (χ3v) is 2.28. The van der Waals surface area contributed by atoms with Crippen molar-refractivity contribution in [3.05, 3.63) is 12.4 Å². The largest absolute Gasteiger partial charge is 0.481 e. The molecule has 17 heavy (non-hydrogen) atoms. The van der Waals surface area contributed by atoms with E-state index in [0.29, 0.717) is 24.8 Å². The normalized spacial score (nSPS) is 11.9. The van der Waals surface area contributed by atoms with E-state index in [-0.39, 0.29) is 0 Å². The van der Waals surface area contributed by atoms with Crippen LogP contribution in [0.5, 0.6) is 5.88 Å². The molecule has 94 valence electrons. The maximum absolute atomic E-state index is 10.8. The van der Waals surface area contributed by atoms with Crippen molar-refractivity contribution in [2.24, 2.45) is 5.92 Å². The van der Waals surface area contributed by atoms with Crippen molar-refractivity contribution in [2.75, 3.05) is 25.1 Å². The van der Waals surface area contributed by atoms with E-state index in [1.165, 1.54) is 6.33 Å². The van der Waals surface area contributed by atoms with Gasteiger partial charge in [-0.1, -0.05) is 6.92 Å². The maximum atomic E-state index is 10.8. The van der Waals surface area contributed by atoms with Gasteiger partial charge < -0.3 is 14.7 Å². The van der Waals surface area contributed by atoms with Crippen LogP contribution in [0.15, 0.2) is 12.4 Å². The monoisotopic (exact) mass is 239 g/mol. The Morgan fingerprint density at radius 1 is 1.59 bits per heavy atom. The van der Waals surface area contributed by atoms with E-state index >= 15 is 0 Å². The van der Waals surface area contributed by atoms with Crippen LogP contribution in [0.1, 0.15) is 13.8 Å². The van der Waals surface area contributed by atoms with Crippen molar-refractivity contribution < 1.29 is 14.6 Å². The number of hydrogen-bond donors (Lipinski definition) is 1. The molecule has 1 atom stereocenters. The lowest BCUT2D eigenvalue weighted by molar-refractivity contribution is -0.140. The topological polar surface area (TPSA) is 75.5 Å².